The normalized spacial score (nSPS) is 15.9. The van der Waals surface area contributed by atoms with Crippen molar-refractivity contribution in [3.63, 3.8) is 0 Å². The van der Waals surface area contributed by atoms with E-state index in [-0.39, 0.29) is 18.6 Å². The summed E-state index contributed by atoms with van der Waals surface area (Å²) in [5, 5.41) is 2.38. The second kappa shape index (κ2) is 7.67. The second-order valence-electron chi connectivity index (χ2n) is 5.18. The van der Waals surface area contributed by atoms with Crippen LogP contribution in [0.15, 0.2) is 18.2 Å². The van der Waals surface area contributed by atoms with Crippen LogP contribution in [0.3, 0.4) is 0 Å². The van der Waals surface area contributed by atoms with E-state index >= 15 is 0 Å². The van der Waals surface area contributed by atoms with Crippen LogP contribution in [0, 0.1) is 0 Å². The molecule has 23 heavy (non-hydrogen) atoms. The molecule has 1 aromatic carbocycles. The zero-order valence-electron chi connectivity index (χ0n) is 13.5. The van der Waals surface area contributed by atoms with Crippen molar-refractivity contribution in [2.75, 3.05) is 20.3 Å². The van der Waals surface area contributed by atoms with Gasteiger partial charge in [0.2, 0.25) is 0 Å². The van der Waals surface area contributed by atoms with Gasteiger partial charge in [-0.2, -0.15) is 0 Å². The van der Waals surface area contributed by atoms with Gasteiger partial charge in [-0.05, 0) is 32.1 Å². The molecule has 6 nitrogen and oxygen atoms in total. The van der Waals surface area contributed by atoms with Gasteiger partial charge >= 0.3 is 5.97 Å². The number of benzene rings is 1. The molecule has 1 aliphatic heterocycles. The number of amides is 1. The fraction of sp³-hybridized carbons (Fsp3) is 0.412. The molecule has 1 aromatic rings. The van der Waals surface area contributed by atoms with Gasteiger partial charge in [0.1, 0.15) is 17.6 Å². The van der Waals surface area contributed by atoms with Crippen LogP contribution in [0.2, 0.25) is 0 Å². The SMILES string of the molecule is CCOc1cc2c(cc1/C=C/C(=O)OCC(=O)NC)O[C@H](C)C2. The van der Waals surface area contributed by atoms with Gasteiger partial charge in [-0.3, -0.25) is 4.79 Å². The number of nitrogens with one attached hydrogen (secondary N) is 1. The maximum atomic E-state index is 11.6. The highest BCUT2D eigenvalue weighted by Crippen LogP contribution is 2.35. The van der Waals surface area contributed by atoms with E-state index in [2.05, 4.69) is 5.32 Å². The minimum Gasteiger partial charge on any atom is -0.493 e. The highest BCUT2D eigenvalue weighted by molar-refractivity contribution is 5.89. The van der Waals surface area contributed by atoms with E-state index in [0.717, 1.165) is 23.3 Å². The Labute approximate surface area is 135 Å². The van der Waals surface area contributed by atoms with E-state index in [1.54, 1.807) is 6.08 Å². The van der Waals surface area contributed by atoms with Crippen LogP contribution < -0.4 is 14.8 Å². The van der Waals surface area contributed by atoms with Crippen molar-refractivity contribution in [3.05, 3.63) is 29.3 Å². The van der Waals surface area contributed by atoms with Gasteiger partial charge < -0.3 is 19.5 Å². The minimum absolute atomic E-state index is 0.135. The summed E-state index contributed by atoms with van der Waals surface area (Å²) in [6.07, 6.45) is 3.85. The van der Waals surface area contributed by atoms with E-state index < -0.39 is 5.97 Å². The average molecular weight is 319 g/mol. The Hall–Kier alpha value is -2.50. The number of rotatable bonds is 6. The fourth-order valence-electron chi connectivity index (χ4n) is 2.28. The highest BCUT2D eigenvalue weighted by Gasteiger charge is 2.21. The lowest BCUT2D eigenvalue weighted by Crippen LogP contribution is -2.24. The quantitative estimate of drug-likeness (QED) is 0.638. The number of carbonyl (C=O) groups excluding carboxylic acids is 2. The number of hydrogen-bond acceptors (Lipinski definition) is 5. The predicted octanol–water partition coefficient (Wildman–Crippen LogP) is 1.71. The van der Waals surface area contributed by atoms with Crippen molar-refractivity contribution >= 4 is 18.0 Å². The molecule has 0 saturated heterocycles. The lowest BCUT2D eigenvalue weighted by Gasteiger charge is -2.10. The number of ether oxygens (including phenoxy) is 3. The molecule has 1 amide bonds. The predicted molar refractivity (Wildman–Crippen MR) is 85.5 cm³/mol. The van der Waals surface area contributed by atoms with Crippen LogP contribution in [0.4, 0.5) is 0 Å². The molecular formula is C17H21NO5. The molecule has 0 unspecified atom stereocenters. The topological polar surface area (TPSA) is 73.9 Å². The van der Waals surface area contributed by atoms with Crippen LogP contribution in [0.5, 0.6) is 11.5 Å². The van der Waals surface area contributed by atoms with E-state index in [1.807, 2.05) is 26.0 Å². The highest BCUT2D eigenvalue weighted by atomic mass is 16.5. The Morgan fingerprint density at radius 1 is 1.43 bits per heavy atom. The average Bonchev–Trinajstić information content (AvgIpc) is 2.89. The molecule has 1 atom stereocenters. The Morgan fingerprint density at radius 3 is 2.91 bits per heavy atom. The molecule has 0 fully saturated rings. The third-order valence-corrected chi connectivity index (χ3v) is 3.35. The lowest BCUT2D eigenvalue weighted by molar-refractivity contribution is -0.143. The molecule has 0 saturated carbocycles. The third kappa shape index (κ3) is 4.48. The summed E-state index contributed by atoms with van der Waals surface area (Å²) in [4.78, 5) is 22.7. The Balaban J connectivity index is 2.12. The molecule has 0 bridgehead atoms. The monoisotopic (exact) mass is 319 g/mol. The first-order chi connectivity index (χ1) is 11.0. The molecule has 1 heterocycles. The van der Waals surface area contributed by atoms with Gasteiger partial charge in [-0.1, -0.05) is 0 Å². The van der Waals surface area contributed by atoms with Crippen LogP contribution in [0.25, 0.3) is 6.08 Å². The van der Waals surface area contributed by atoms with Gasteiger partial charge in [0.15, 0.2) is 6.61 Å². The lowest BCUT2D eigenvalue weighted by atomic mass is 10.1. The van der Waals surface area contributed by atoms with Crippen molar-refractivity contribution in [1.29, 1.82) is 0 Å². The standard InChI is InChI=1S/C17H21NO5/c1-4-21-14-9-13-7-11(2)23-15(13)8-12(14)5-6-17(20)22-10-16(19)18-3/h5-6,8-9,11H,4,7,10H2,1-3H3,(H,18,19)/b6-5+/t11-/m1/s1. The zero-order valence-corrected chi connectivity index (χ0v) is 13.5. The number of fused-ring (bicyclic) bond motifs is 1. The molecule has 0 aliphatic carbocycles. The van der Waals surface area contributed by atoms with Crippen molar-refractivity contribution in [2.45, 2.75) is 26.4 Å². The first-order valence-electron chi connectivity index (χ1n) is 7.55. The van der Waals surface area contributed by atoms with Gasteiger partial charge in [-0.25, -0.2) is 4.79 Å². The number of likely N-dealkylation sites (N-methyl/N-ethyl adjacent to an activating group) is 1. The molecule has 1 N–H and O–H groups in total. The Kier molecular flexibility index (Phi) is 5.62. The molecule has 6 heteroatoms. The van der Waals surface area contributed by atoms with Gasteiger partial charge in [0, 0.05) is 30.7 Å². The van der Waals surface area contributed by atoms with Crippen molar-refractivity contribution in [1.82, 2.24) is 5.32 Å². The molecule has 0 radical (unpaired) electrons. The summed E-state index contributed by atoms with van der Waals surface area (Å²) in [6.45, 7) is 4.13. The number of carbonyl (C=O) groups is 2. The van der Waals surface area contributed by atoms with Crippen molar-refractivity contribution in [3.8, 4) is 11.5 Å². The third-order valence-electron chi connectivity index (χ3n) is 3.35. The second-order valence-corrected chi connectivity index (χ2v) is 5.18. The zero-order chi connectivity index (χ0) is 16.8. The van der Waals surface area contributed by atoms with Crippen molar-refractivity contribution in [2.24, 2.45) is 0 Å². The molecule has 1 aliphatic rings. The molecular weight excluding hydrogens is 298 g/mol. The van der Waals surface area contributed by atoms with Gasteiger partial charge in [0.25, 0.3) is 5.91 Å². The molecule has 0 spiro atoms. The fourth-order valence-corrected chi connectivity index (χ4v) is 2.28. The van der Waals surface area contributed by atoms with Gasteiger partial charge in [-0.15, -0.1) is 0 Å². The number of hydrogen-bond donors (Lipinski definition) is 1. The molecule has 2 rings (SSSR count). The summed E-state index contributed by atoms with van der Waals surface area (Å²) in [5.41, 5.74) is 1.83. The van der Waals surface area contributed by atoms with Gasteiger partial charge in [0.05, 0.1) is 6.61 Å². The smallest absolute Gasteiger partial charge is 0.331 e. The summed E-state index contributed by atoms with van der Waals surface area (Å²) in [6, 6.07) is 3.80. The summed E-state index contributed by atoms with van der Waals surface area (Å²) in [7, 11) is 1.48. The summed E-state index contributed by atoms with van der Waals surface area (Å²) in [5.74, 6) is 0.547. The summed E-state index contributed by atoms with van der Waals surface area (Å²) < 4.78 is 16.2. The van der Waals surface area contributed by atoms with E-state index in [0.29, 0.717) is 12.4 Å². The van der Waals surface area contributed by atoms with E-state index in [1.165, 1.54) is 13.1 Å². The van der Waals surface area contributed by atoms with Crippen LogP contribution >= 0.6 is 0 Å². The van der Waals surface area contributed by atoms with E-state index in [9.17, 15) is 9.59 Å². The van der Waals surface area contributed by atoms with Crippen LogP contribution in [-0.4, -0.2) is 38.2 Å². The maximum Gasteiger partial charge on any atom is 0.331 e. The number of esters is 1. The summed E-state index contributed by atoms with van der Waals surface area (Å²) >= 11 is 0. The minimum atomic E-state index is -0.592. The first-order valence-corrected chi connectivity index (χ1v) is 7.55. The molecule has 0 aromatic heterocycles. The maximum absolute atomic E-state index is 11.6. The van der Waals surface area contributed by atoms with Crippen LogP contribution in [-0.2, 0) is 20.7 Å². The molecule has 124 valence electrons. The van der Waals surface area contributed by atoms with Crippen LogP contribution in [0.1, 0.15) is 25.0 Å². The first kappa shape index (κ1) is 16.9. The Morgan fingerprint density at radius 2 is 2.22 bits per heavy atom. The largest absolute Gasteiger partial charge is 0.493 e. The Bertz CT molecular complexity index is 624. The van der Waals surface area contributed by atoms with Crippen molar-refractivity contribution < 1.29 is 23.8 Å². The van der Waals surface area contributed by atoms with E-state index in [4.69, 9.17) is 14.2 Å².